The van der Waals surface area contributed by atoms with Crippen LogP contribution < -0.4 is 15.8 Å². The van der Waals surface area contributed by atoms with E-state index in [-0.39, 0.29) is 5.91 Å². The highest BCUT2D eigenvalue weighted by atomic mass is 16.5. The van der Waals surface area contributed by atoms with Crippen LogP contribution >= 0.6 is 0 Å². The zero-order chi connectivity index (χ0) is 15.0. The van der Waals surface area contributed by atoms with Crippen molar-refractivity contribution in [3.63, 3.8) is 0 Å². The molecule has 1 aromatic rings. The van der Waals surface area contributed by atoms with Gasteiger partial charge in [-0.1, -0.05) is 17.7 Å². The summed E-state index contributed by atoms with van der Waals surface area (Å²) >= 11 is 0. The van der Waals surface area contributed by atoms with Crippen LogP contribution in [0.15, 0.2) is 18.2 Å². The second-order valence-electron chi connectivity index (χ2n) is 4.69. The van der Waals surface area contributed by atoms with E-state index in [9.17, 15) is 4.79 Å². The molecular formula is C15H24N2O3. The summed E-state index contributed by atoms with van der Waals surface area (Å²) in [4.78, 5) is 11.8. The van der Waals surface area contributed by atoms with Gasteiger partial charge >= 0.3 is 0 Å². The summed E-state index contributed by atoms with van der Waals surface area (Å²) in [6, 6.07) is 5.89. The summed E-state index contributed by atoms with van der Waals surface area (Å²) < 4.78 is 10.6. The molecule has 0 bridgehead atoms. The maximum Gasteiger partial charge on any atom is 0.260 e. The minimum atomic E-state index is -0.550. The molecule has 5 heteroatoms. The molecule has 1 rings (SSSR count). The number of carbonyl (C=O) groups excluding carboxylic acids is 1. The number of carbonyl (C=O) groups is 1. The summed E-state index contributed by atoms with van der Waals surface area (Å²) in [6.07, 6.45) is 0.181. The van der Waals surface area contributed by atoms with E-state index in [1.54, 1.807) is 14.0 Å². The predicted octanol–water partition coefficient (Wildman–Crippen LogP) is 1.03. The van der Waals surface area contributed by atoms with E-state index in [0.717, 1.165) is 23.3 Å². The molecule has 0 aromatic heterocycles. The van der Waals surface area contributed by atoms with Gasteiger partial charge < -0.3 is 20.5 Å². The molecule has 0 saturated heterocycles. The van der Waals surface area contributed by atoms with Crippen molar-refractivity contribution in [2.75, 3.05) is 26.8 Å². The Morgan fingerprint density at radius 1 is 1.45 bits per heavy atom. The lowest BCUT2D eigenvalue weighted by molar-refractivity contribution is -0.127. The molecule has 5 nitrogen and oxygen atoms in total. The van der Waals surface area contributed by atoms with Gasteiger partial charge in [0.25, 0.3) is 5.91 Å². The highest BCUT2D eigenvalue weighted by Crippen LogP contribution is 2.21. The van der Waals surface area contributed by atoms with Crippen LogP contribution in [0.4, 0.5) is 0 Å². The molecule has 0 heterocycles. The number of aryl methyl sites for hydroxylation is 1. The van der Waals surface area contributed by atoms with Crippen molar-refractivity contribution in [3.8, 4) is 5.75 Å². The van der Waals surface area contributed by atoms with E-state index in [1.165, 1.54) is 0 Å². The van der Waals surface area contributed by atoms with Crippen LogP contribution in [0.5, 0.6) is 5.75 Å². The Bertz CT molecular complexity index is 435. The molecule has 0 aliphatic heterocycles. The second-order valence-corrected chi connectivity index (χ2v) is 4.69. The molecule has 112 valence electrons. The molecule has 0 spiro atoms. The highest BCUT2D eigenvalue weighted by molar-refractivity contribution is 5.80. The third-order valence-corrected chi connectivity index (χ3v) is 2.91. The zero-order valence-corrected chi connectivity index (χ0v) is 12.4. The van der Waals surface area contributed by atoms with Crippen LogP contribution in [-0.4, -0.2) is 38.8 Å². The normalized spacial score (nSPS) is 12.0. The molecule has 1 aromatic carbocycles. The standard InChI is InChI=1S/C15H24N2O3/c1-11-4-5-14(13(10-11)6-7-16)20-12(2)15(18)17-8-9-19-3/h4-5,10,12H,6-9,16H2,1-3H3,(H,17,18). The lowest BCUT2D eigenvalue weighted by Crippen LogP contribution is -2.38. The quantitative estimate of drug-likeness (QED) is 0.697. The van der Waals surface area contributed by atoms with Crippen LogP contribution in [0.1, 0.15) is 18.1 Å². The Kier molecular flexibility index (Phi) is 7.04. The lowest BCUT2D eigenvalue weighted by Gasteiger charge is -2.17. The topological polar surface area (TPSA) is 73.6 Å². The number of amides is 1. The third kappa shape index (κ3) is 5.19. The van der Waals surface area contributed by atoms with Crippen LogP contribution in [0.2, 0.25) is 0 Å². The average Bonchev–Trinajstić information content (AvgIpc) is 2.42. The number of hydrogen-bond donors (Lipinski definition) is 2. The number of methoxy groups -OCH3 is 1. The van der Waals surface area contributed by atoms with Gasteiger partial charge in [0.1, 0.15) is 5.75 Å². The minimum Gasteiger partial charge on any atom is -0.481 e. The Morgan fingerprint density at radius 3 is 2.85 bits per heavy atom. The van der Waals surface area contributed by atoms with Crippen molar-refractivity contribution in [2.45, 2.75) is 26.4 Å². The molecule has 3 N–H and O–H groups in total. The molecular weight excluding hydrogens is 256 g/mol. The van der Waals surface area contributed by atoms with Crippen molar-refractivity contribution in [1.29, 1.82) is 0 Å². The second kappa shape index (κ2) is 8.55. The predicted molar refractivity (Wildman–Crippen MR) is 78.9 cm³/mol. The highest BCUT2D eigenvalue weighted by Gasteiger charge is 2.15. The van der Waals surface area contributed by atoms with E-state index >= 15 is 0 Å². The molecule has 1 amide bonds. The Balaban J connectivity index is 2.64. The van der Waals surface area contributed by atoms with Gasteiger partial charge in [-0.05, 0) is 38.4 Å². The first kappa shape index (κ1) is 16.5. The van der Waals surface area contributed by atoms with Crippen molar-refractivity contribution in [3.05, 3.63) is 29.3 Å². The fourth-order valence-electron chi connectivity index (χ4n) is 1.84. The van der Waals surface area contributed by atoms with Gasteiger partial charge in [0.15, 0.2) is 6.10 Å². The van der Waals surface area contributed by atoms with Gasteiger partial charge in [-0.3, -0.25) is 4.79 Å². The number of ether oxygens (including phenoxy) is 2. The fourth-order valence-corrected chi connectivity index (χ4v) is 1.84. The van der Waals surface area contributed by atoms with Crippen LogP contribution in [-0.2, 0) is 16.0 Å². The van der Waals surface area contributed by atoms with E-state index in [2.05, 4.69) is 5.32 Å². The first-order chi connectivity index (χ1) is 9.58. The van der Waals surface area contributed by atoms with E-state index in [1.807, 2.05) is 25.1 Å². The van der Waals surface area contributed by atoms with Crippen molar-refractivity contribution in [2.24, 2.45) is 5.73 Å². The van der Waals surface area contributed by atoms with Gasteiger partial charge in [0, 0.05) is 13.7 Å². The first-order valence-corrected chi connectivity index (χ1v) is 6.81. The summed E-state index contributed by atoms with van der Waals surface area (Å²) in [6.45, 7) is 5.27. The molecule has 0 radical (unpaired) electrons. The fraction of sp³-hybridized carbons (Fsp3) is 0.533. The summed E-state index contributed by atoms with van der Waals surface area (Å²) in [7, 11) is 1.59. The molecule has 0 saturated carbocycles. The summed E-state index contributed by atoms with van der Waals surface area (Å²) in [5, 5.41) is 2.75. The summed E-state index contributed by atoms with van der Waals surface area (Å²) in [5.74, 6) is 0.566. The number of hydrogen-bond acceptors (Lipinski definition) is 4. The van der Waals surface area contributed by atoms with Crippen molar-refractivity contribution < 1.29 is 14.3 Å². The zero-order valence-electron chi connectivity index (χ0n) is 12.4. The molecule has 1 unspecified atom stereocenters. The van der Waals surface area contributed by atoms with Crippen LogP contribution in [0.25, 0.3) is 0 Å². The molecule has 0 aliphatic carbocycles. The minimum absolute atomic E-state index is 0.152. The number of benzene rings is 1. The smallest absolute Gasteiger partial charge is 0.260 e. The first-order valence-electron chi connectivity index (χ1n) is 6.81. The van der Waals surface area contributed by atoms with E-state index in [0.29, 0.717) is 19.7 Å². The average molecular weight is 280 g/mol. The maximum absolute atomic E-state index is 11.8. The van der Waals surface area contributed by atoms with E-state index in [4.69, 9.17) is 15.2 Å². The van der Waals surface area contributed by atoms with Gasteiger partial charge in [0.05, 0.1) is 6.61 Å². The monoisotopic (exact) mass is 280 g/mol. The van der Waals surface area contributed by atoms with Gasteiger partial charge in [-0.2, -0.15) is 0 Å². The molecule has 1 atom stereocenters. The van der Waals surface area contributed by atoms with E-state index < -0.39 is 6.10 Å². The molecule has 0 aliphatic rings. The number of nitrogens with one attached hydrogen (secondary N) is 1. The largest absolute Gasteiger partial charge is 0.481 e. The van der Waals surface area contributed by atoms with Crippen molar-refractivity contribution in [1.82, 2.24) is 5.32 Å². The Morgan fingerprint density at radius 2 is 2.20 bits per heavy atom. The summed E-state index contributed by atoms with van der Waals surface area (Å²) in [5.41, 5.74) is 7.78. The van der Waals surface area contributed by atoms with Gasteiger partial charge in [-0.15, -0.1) is 0 Å². The number of rotatable bonds is 8. The number of nitrogens with two attached hydrogens (primary N) is 1. The third-order valence-electron chi connectivity index (χ3n) is 2.91. The van der Waals surface area contributed by atoms with Crippen molar-refractivity contribution >= 4 is 5.91 Å². The molecule has 0 fully saturated rings. The Hall–Kier alpha value is -1.59. The molecule has 20 heavy (non-hydrogen) atoms. The maximum atomic E-state index is 11.8. The Labute approximate surface area is 120 Å². The van der Waals surface area contributed by atoms with Crippen LogP contribution in [0, 0.1) is 6.92 Å². The van der Waals surface area contributed by atoms with Gasteiger partial charge in [-0.25, -0.2) is 0 Å². The lowest BCUT2D eigenvalue weighted by atomic mass is 10.1. The van der Waals surface area contributed by atoms with Crippen LogP contribution in [0.3, 0.4) is 0 Å². The SMILES string of the molecule is COCCNC(=O)C(C)Oc1ccc(C)cc1CCN. The van der Waals surface area contributed by atoms with Gasteiger partial charge in [0.2, 0.25) is 0 Å².